The molecule has 6 nitrogen and oxygen atoms in total. The number of hydrogen-bond donors (Lipinski definition) is 0. The molecule has 1 aromatic carbocycles. The van der Waals surface area contributed by atoms with E-state index in [1.807, 2.05) is 35.2 Å². The second-order valence-electron chi connectivity index (χ2n) is 8.52. The first-order valence-corrected chi connectivity index (χ1v) is 11.2. The van der Waals surface area contributed by atoms with Gasteiger partial charge in [-0.2, -0.15) is 0 Å². The SMILES string of the molecule is CC[C@H](C)N(Cc1c(-c2ccccc2)noc1N1CCC(C)CC1)C(=O)c1ccco1. The molecule has 1 amide bonds. The monoisotopic (exact) mass is 421 g/mol. The Bertz CT molecular complexity index is 973. The van der Waals surface area contributed by atoms with E-state index >= 15 is 0 Å². The number of nitrogens with zero attached hydrogens (tertiary/aromatic N) is 3. The lowest BCUT2D eigenvalue weighted by atomic mass is 9.98. The fourth-order valence-corrected chi connectivity index (χ4v) is 4.09. The maximum atomic E-state index is 13.3. The quantitative estimate of drug-likeness (QED) is 0.496. The van der Waals surface area contributed by atoms with Gasteiger partial charge in [0, 0.05) is 24.7 Å². The minimum atomic E-state index is -0.113. The average Bonchev–Trinajstić information content (AvgIpc) is 3.48. The van der Waals surface area contributed by atoms with Crippen LogP contribution in [-0.2, 0) is 6.54 Å². The van der Waals surface area contributed by atoms with Crippen LogP contribution in [0.5, 0.6) is 0 Å². The standard InChI is InChI=1S/C25H31N3O3/c1-4-19(3)28(24(29)22-11-8-16-30-22)17-21-23(20-9-6-5-7-10-20)26-31-25(21)27-14-12-18(2)13-15-27/h5-11,16,18-19H,4,12-15,17H2,1-3H3/t19-/m0/s1. The van der Waals surface area contributed by atoms with Crippen LogP contribution in [0.1, 0.15) is 56.2 Å². The Morgan fingerprint density at radius 3 is 2.58 bits per heavy atom. The zero-order chi connectivity index (χ0) is 21.8. The number of benzene rings is 1. The van der Waals surface area contributed by atoms with Crippen LogP contribution in [0.2, 0.25) is 0 Å². The van der Waals surface area contributed by atoms with Crippen LogP contribution in [0.15, 0.2) is 57.7 Å². The summed E-state index contributed by atoms with van der Waals surface area (Å²) in [5.74, 6) is 1.74. The predicted octanol–water partition coefficient (Wildman–Crippen LogP) is 5.61. The lowest BCUT2D eigenvalue weighted by Gasteiger charge is -2.32. The number of carbonyl (C=O) groups is 1. The molecule has 1 saturated heterocycles. The highest BCUT2D eigenvalue weighted by Gasteiger charge is 2.30. The topological polar surface area (TPSA) is 62.7 Å². The molecule has 3 heterocycles. The first-order valence-electron chi connectivity index (χ1n) is 11.2. The van der Waals surface area contributed by atoms with E-state index in [2.05, 4.69) is 30.8 Å². The van der Waals surface area contributed by atoms with Crippen molar-refractivity contribution in [2.24, 2.45) is 5.92 Å². The van der Waals surface area contributed by atoms with Crippen LogP contribution in [0.25, 0.3) is 11.3 Å². The van der Waals surface area contributed by atoms with Gasteiger partial charge in [-0.05, 0) is 44.2 Å². The molecule has 0 N–H and O–H groups in total. The first kappa shape index (κ1) is 21.2. The molecule has 0 spiro atoms. The van der Waals surface area contributed by atoms with Crippen molar-refractivity contribution >= 4 is 11.8 Å². The summed E-state index contributed by atoms with van der Waals surface area (Å²) in [5, 5.41) is 4.46. The van der Waals surface area contributed by atoms with Gasteiger partial charge < -0.3 is 18.7 Å². The summed E-state index contributed by atoms with van der Waals surface area (Å²) in [5.41, 5.74) is 2.75. The number of aromatic nitrogens is 1. The Hall–Kier alpha value is -3.02. The van der Waals surface area contributed by atoms with E-state index in [1.54, 1.807) is 12.1 Å². The number of carbonyl (C=O) groups excluding carboxylic acids is 1. The van der Waals surface area contributed by atoms with E-state index in [0.29, 0.717) is 18.2 Å². The van der Waals surface area contributed by atoms with Crippen molar-refractivity contribution < 1.29 is 13.7 Å². The van der Waals surface area contributed by atoms with E-state index in [1.165, 1.54) is 6.26 Å². The van der Waals surface area contributed by atoms with Gasteiger partial charge in [-0.25, -0.2) is 0 Å². The molecular weight excluding hydrogens is 390 g/mol. The molecule has 164 valence electrons. The highest BCUT2D eigenvalue weighted by atomic mass is 16.5. The molecular formula is C25H31N3O3. The van der Waals surface area contributed by atoms with Crippen LogP contribution in [0.4, 0.5) is 5.88 Å². The van der Waals surface area contributed by atoms with Gasteiger partial charge in [-0.1, -0.05) is 49.3 Å². The molecule has 0 saturated carbocycles. The summed E-state index contributed by atoms with van der Waals surface area (Å²) in [4.78, 5) is 17.4. The fraction of sp³-hybridized carbons (Fsp3) is 0.440. The number of hydrogen-bond acceptors (Lipinski definition) is 5. The average molecular weight is 422 g/mol. The third-order valence-electron chi connectivity index (χ3n) is 6.33. The number of furan rings is 1. The van der Waals surface area contributed by atoms with E-state index < -0.39 is 0 Å². The van der Waals surface area contributed by atoms with Crippen LogP contribution in [0.3, 0.4) is 0 Å². The third kappa shape index (κ3) is 4.53. The predicted molar refractivity (Wildman–Crippen MR) is 121 cm³/mol. The van der Waals surface area contributed by atoms with Gasteiger partial charge in [-0.15, -0.1) is 0 Å². The molecule has 4 rings (SSSR count). The summed E-state index contributed by atoms with van der Waals surface area (Å²) in [6.07, 6.45) is 4.63. The Balaban J connectivity index is 1.73. The highest BCUT2D eigenvalue weighted by molar-refractivity contribution is 5.91. The minimum Gasteiger partial charge on any atom is -0.459 e. The van der Waals surface area contributed by atoms with Crippen molar-refractivity contribution in [3.8, 4) is 11.3 Å². The van der Waals surface area contributed by atoms with Gasteiger partial charge >= 0.3 is 0 Å². The summed E-state index contributed by atoms with van der Waals surface area (Å²) < 4.78 is 11.3. The second kappa shape index (κ2) is 9.41. The van der Waals surface area contributed by atoms with Gasteiger partial charge in [0.25, 0.3) is 5.91 Å². The molecule has 1 aliphatic rings. The molecule has 6 heteroatoms. The number of anilines is 1. The lowest BCUT2D eigenvalue weighted by molar-refractivity contribution is 0.0639. The van der Waals surface area contributed by atoms with Gasteiger partial charge in [-0.3, -0.25) is 4.79 Å². The molecule has 2 aromatic heterocycles. The lowest BCUT2D eigenvalue weighted by Crippen LogP contribution is -2.39. The van der Waals surface area contributed by atoms with Crippen molar-refractivity contribution in [3.05, 3.63) is 60.1 Å². The van der Waals surface area contributed by atoms with Gasteiger partial charge in [0.1, 0.15) is 5.69 Å². The third-order valence-corrected chi connectivity index (χ3v) is 6.33. The van der Waals surface area contributed by atoms with E-state index in [0.717, 1.165) is 55.1 Å². The van der Waals surface area contributed by atoms with Gasteiger partial charge in [0.05, 0.1) is 18.4 Å². The summed E-state index contributed by atoms with van der Waals surface area (Å²) in [7, 11) is 0. The number of amides is 1. The highest BCUT2D eigenvalue weighted by Crippen LogP contribution is 2.35. The van der Waals surface area contributed by atoms with Crippen LogP contribution in [-0.4, -0.2) is 35.1 Å². The fourth-order valence-electron chi connectivity index (χ4n) is 4.09. The van der Waals surface area contributed by atoms with Crippen molar-refractivity contribution in [1.29, 1.82) is 0 Å². The maximum Gasteiger partial charge on any atom is 0.290 e. The van der Waals surface area contributed by atoms with Gasteiger partial charge in [0.15, 0.2) is 5.76 Å². The van der Waals surface area contributed by atoms with Gasteiger partial charge in [0.2, 0.25) is 5.88 Å². The summed E-state index contributed by atoms with van der Waals surface area (Å²) in [6.45, 7) is 8.75. The molecule has 31 heavy (non-hydrogen) atoms. The second-order valence-corrected chi connectivity index (χ2v) is 8.52. The molecule has 0 bridgehead atoms. The summed E-state index contributed by atoms with van der Waals surface area (Å²) in [6, 6.07) is 13.6. The molecule has 1 fully saturated rings. The Labute approximate surface area is 183 Å². The number of rotatable bonds is 7. The Morgan fingerprint density at radius 1 is 1.19 bits per heavy atom. The normalized spacial score (nSPS) is 15.8. The molecule has 0 radical (unpaired) electrons. The van der Waals surface area contributed by atoms with E-state index in [9.17, 15) is 4.79 Å². The van der Waals surface area contributed by atoms with Crippen molar-refractivity contribution in [1.82, 2.24) is 10.1 Å². The zero-order valence-corrected chi connectivity index (χ0v) is 18.6. The van der Waals surface area contributed by atoms with E-state index in [-0.39, 0.29) is 11.9 Å². The maximum absolute atomic E-state index is 13.3. The van der Waals surface area contributed by atoms with Crippen molar-refractivity contribution in [3.63, 3.8) is 0 Å². The Morgan fingerprint density at radius 2 is 1.94 bits per heavy atom. The number of piperidine rings is 1. The molecule has 1 aliphatic heterocycles. The summed E-state index contributed by atoms with van der Waals surface area (Å²) >= 11 is 0. The first-order chi connectivity index (χ1) is 15.1. The molecule has 0 unspecified atom stereocenters. The molecule has 3 aromatic rings. The van der Waals surface area contributed by atoms with Crippen LogP contribution in [0, 0.1) is 5.92 Å². The largest absolute Gasteiger partial charge is 0.459 e. The van der Waals surface area contributed by atoms with E-state index in [4.69, 9.17) is 8.94 Å². The molecule has 1 atom stereocenters. The molecule has 0 aliphatic carbocycles. The minimum absolute atomic E-state index is 0.0466. The Kier molecular flexibility index (Phi) is 6.44. The smallest absolute Gasteiger partial charge is 0.290 e. The zero-order valence-electron chi connectivity index (χ0n) is 18.6. The van der Waals surface area contributed by atoms with Crippen molar-refractivity contribution in [2.75, 3.05) is 18.0 Å². The van der Waals surface area contributed by atoms with Crippen LogP contribution >= 0.6 is 0 Å². The van der Waals surface area contributed by atoms with Crippen LogP contribution < -0.4 is 4.90 Å². The van der Waals surface area contributed by atoms with Crippen molar-refractivity contribution in [2.45, 2.75) is 52.6 Å².